The Bertz CT molecular complexity index is 1630. The lowest BCUT2D eigenvalue weighted by Crippen LogP contribution is -2.20. The fraction of sp³-hybridized carbons (Fsp3) is 0.0606. The van der Waals surface area contributed by atoms with Crippen LogP contribution in [0.1, 0.15) is 12.0 Å². The van der Waals surface area contributed by atoms with Gasteiger partial charge in [0.2, 0.25) is 0 Å². The van der Waals surface area contributed by atoms with Crippen molar-refractivity contribution in [1.82, 2.24) is 4.68 Å². The number of hydrogen-bond acceptors (Lipinski definition) is 5. The van der Waals surface area contributed by atoms with Gasteiger partial charge < -0.3 is 4.74 Å². The molecule has 0 aliphatic carbocycles. The van der Waals surface area contributed by atoms with Crippen molar-refractivity contribution in [2.75, 3.05) is 12.5 Å². The summed E-state index contributed by atoms with van der Waals surface area (Å²) < 4.78 is 6.81. The van der Waals surface area contributed by atoms with E-state index in [-0.39, 0.29) is 5.56 Å². The molecule has 39 heavy (non-hydrogen) atoms. The Labute approximate surface area is 227 Å². The maximum Gasteiger partial charge on any atom is 0.272 e. The molecule has 0 spiro atoms. The number of pyridine rings is 1. The van der Waals surface area contributed by atoms with Gasteiger partial charge in [-0.1, -0.05) is 78.9 Å². The van der Waals surface area contributed by atoms with E-state index in [9.17, 15) is 4.79 Å². The van der Waals surface area contributed by atoms with Crippen molar-refractivity contribution < 1.29 is 4.74 Å². The van der Waals surface area contributed by atoms with Gasteiger partial charge in [-0.25, -0.2) is 0 Å². The molecule has 6 nitrogen and oxygen atoms in total. The predicted molar refractivity (Wildman–Crippen MR) is 160 cm³/mol. The van der Waals surface area contributed by atoms with Gasteiger partial charge in [-0.2, -0.15) is 14.9 Å². The van der Waals surface area contributed by atoms with E-state index in [0.717, 1.165) is 33.7 Å². The molecule has 0 fully saturated rings. The van der Waals surface area contributed by atoms with Crippen molar-refractivity contribution in [3.8, 4) is 28.1 Å². The first kappa shape index (κ1) is 25.4. The molecule has 1 heterocycles. The van der Waals surface area contributed by atoms with Crippen LogP contribution in [0, 0.1) is 0 Å². The number of hydrazone groups is 1. The molecule has 0 bridgehead atoms. The third kappa shape index (κ3) is 6.37. The van der Waals surface area contributed by atoms with Gasteiger partial charge in [0.05, 0.1) is 24.2 Å². The van der Waals surface area contributed by atoms with E-state index in [2.05, 4.69) is 10.5 Å². The molecule has 5 aromatic rings. The number of hydrogen-bond donors (Lipinski definition) is 1. The fourth-order valence-corrected chi connectivity index (χ4v) is 4.16. The maximum absolute atomic E-state index is 13.6. The summed E-state index contributed by atoms with van der Waals surface area (Å²) in [6.07, 6.45) is 2.15. The average molecular weight is 513 g/mol. The van der Waals surface area contributed by atoms with Gasteiger partial charge in [0, 0.05) is 24.3 Å². The van der Waals surface area contributed by atoms with Gasteiger partial charge in [-0.05, 0) is 59.2 Å². The molecule has 0 unspecified atom stereocenters. The first-order valence-corrected chi connectivity index (χ1v) is 12.6. The molecule has 0 amide bonds. The van der Waals surface area contributed by atoms with E-state index < -0.39 is 0 Å². The monoisotopic (exact) mass is 512 g/mol. The summed E-state index contributed by atoms with van der Waals surface area (Å²) >= 11 is 0. The zero-order chi connectivity index (χ0) is 26.9. The van der Waals surface area contributed by atoms with Gasteiger partial charge in [0.1, 0.15) is 5.75 Å². The molecule has 0 radical (unpaired) electrons. The van der Waals surface area contributed by atoms with E-state index in [0.29, 0.717) is 17.8 Å². The molecule has 0 saturated carbocycles. The van der Waals surface area contributed by atoms with E-state index in [1.807, 2.05) is 121 Å². The molecule has 192 valence electrons. The standard InChI is InChI=1S/C33H28N4O2/c1-39-30-19-17-26(18-20-30)31(21-22-34-35-29-15-9-4-10-16-29)36-37-32(27-13-7-3-8-14-27)23-28(24-33(37)38)25-11-5-2-6-12-25/h2-20,22-24,35H,21H2,1H3/b34-22+,36-31+. The second kappa shape index (κ2) is 12.3. The summed E-state index contributed by atoms with van der Waals surface area (Å²) in [6.45, 7) is 0. The lowest BCUT2D eigenvalue weighted by molar-refractivity contribution is 0.415. The zero-order valence-electron chi connectivity index (χ0n) is 21.6. The summed E-state index contributed by atoms with van der Waals surface area (Å²) in [5.74, 6) is 0.742. The molecule has 6 heteroatoms. The largest absolute Gasteiger partial charge is 0.497 e. The topological polar surface area (TPSA) is 68.0 Å². The molecule has 4 aromatic carbocycles. The van der Waals surface area contributed by atoms with E-state index in [1.54, 1.807) is 19.4 Å². The van der Waals surface area contributed by atoms with Crippen molar-refractivity contribution in [2.45, 2.75) is 6.42 Å². The van der Waals surface area contributed by atoms with Crippen LogP contribution in [0.3, 0.4) is 0 Å². The molecule has 0 saturated heterocycles. The van der Waals surface area contributed by atoms with E-state index in [1.165, 1.54) is 4.68 Å². The number of rotatable bonds is 9. The second-order valence-corrected chi connectivity index (χ2v) is 8.78. The van der Waals surface area contributed by atoms with Gasteiger partial charge >= 0.3 is 0 Å². The number of nitrogens with one attached hydrogen (secondary N) is 1. The third-order valence-electron chi connectivity index (χ3n) is 6.17. The van der Waals surface area contributed by atoms with Crippen LogP contribution >= 0.6 is 0 Å². The third-order valence-corrected chi connectivity index (χ3v) is 6.17. The molecule has 0 atom stereocenters. The lowest BCUT2D eigenvalue weighted by atomic mass is 10.0. The van der Waals surface area contributed by atoms with Crippen molar-refractivity contribution in [3.63, 3.8) is 0 Å². The maximum atomic E-state index is 13.6. The number of methoxy groups -OCH3 is 1. The lowest BCUT2D eigenvalue weighted by Gasteiger charge is -2.13. The Balaban J connectivity index is 1.59. The van der Waals surface area contributed by atoms with Crippen molar-refractivity contribution in [3.05, 3.63) is 143 Å². The summed E-state index contributed by atoms with van der Waals surface area (Å²) in [7, 11) is 1.63. The molecule has 5 rings (SSSR count). The van der Waals surface area contributed by atoms with Crippen LogP contribution < -0.4 is 15.7 Å². The van der Waals surface area contributed by atoms with Crippen LogP contribution in [0.4, 0.5) is 5.69 Å². The predicted octanol–water partition coefficient (Wildman–Crippen LogP) is 6.93. The SMILES string of the molecule is COc1ccc(/C(C/C=N/Nc2ccccc2)=N/n2c(-c3ccccc3)cc(-c3ccccc3)cc2=O)cc1. The first-order chi connectivity index (χ1) is 19.2. The number of nitrogens with zero attached hydrogens (tertiary/aromatic N) is 3. The molecule has 0 aliphatic heterocycles. The summed E-state index contributed by atoms with van der Waals surface area (Å²) in [5, 5.41) is 9.27. The highest BCUT2D eigenvalue weighted by molar-refractivity contribution is 6.07. The van der Waals surface area contributed by atoms with Crippen LogP contribution in [0.15, 0.2) is 142 Å². The van der Waals surface area contributed by atoms with Crippen LogP contribution in [-0.4, -0.2) is 23.7 Å². The van der Waals surface area contributed by atoms with Crippen molar-refractivity contribution in [2.24, 2.45) is 10.2 Å². The molecular formula is C33H28N4O2. The van der Waals surface area contributed by atoms with Crippen LogP contribution in [0.25, 0.3) is 22.4 Å². The number of benzene rings is 4. The second-order valence-electron chi connectivity index (χ2n) is 8.78. The highest BCUT2D eigenvalue weighted by Crippen LogP contribution is 2.25. The van der Waals surface area contributed by atoms with E-state index >= 15 is 0 Å². The number of anilines is 1. The average Bonchev–Trinajstić information content (AvgIpc) is 3.00. The Morgan fingerprint density at radius 1 is 0.769 bits per heavy atom. The molecular weight excluding hydrogens is 484 g/mol. The van der Waals surface area contributed by atoms with Crippen molar-refractivity contribution in [1.29, 1.82) is 0 Å². The van der Waals surface area contributed by atoms with E-state index in [4.69, 9.17) is 9.84 Å². The molecule has 1 aromatic heterocycles. The summed E-state index contributed by atoms with van der Waals surface area (Å²) in [4.78, 5) is 13.6. The normalized spacial score (nSPS) is 11.5. The van der Waals surface area contributed by atoms with Gasteiger partial charge in [-0.15, -0.1) is 0 Å². The number of ether oxygens (including phenoxy) is 1. The molecule has 0 aliphatic rings. The van der Waals surface area contributed by atoms with Crippen LogP contribution in [0.5, 0.6) is 5.75 Å². The minimum atomic E-state index is -0.222. The number of para-hydroxylation sites is 1. The summed E-state index contributed by atoms with van der Waals surface area (Å²) in [5.41, 5.74) is 8.64. The number of aromatic nitrogens is 1. The van der Waals surface area contributed by atoms with Gasteiger partial charge in [-0.3, -0.25) is 10.2 Å². The zero-order valence-corrected chi connectivity index (χ0v) is 21.6. The Morgan fingerprint density at radius 3 is 2.03 bits per heavy atom. The van der Waals surface area contributed by atoms with Crippen LogP contribution in [0.2, 0.25) is 0 Å². The van der Waals surface area contributed by atoms with Crippen LogP contribution in [-0.2, 0) is 0 Å². The van der Waals surface area contributed by atoms with Gasteiger partial charge in [0.15, 0.2) is 0 Å². The minimum Gasteiger partial charge on any atom is -0.497 e. The highest BCUT2D eigenvalue weighted by atomic mass is 16.5. The quantitative estimate of drug-likeness (QED) is 0.172. The smallest absolute Gasteiger partial charge is 0.272 e. The molecule has 1 N–H and O–H groups in total. The van der Waals surface area contributed by atoms with Crippen molar-refractivity contribution >= 4 is 17.6 Å². The minimum absolute atomic E-state index is 0.222. The Hall–Kier alpha value is -5.23. The Kier molecular flexibility index (Phi) is 8.04. The first-order valence-electron chi connectivity index (χ1n) is 12.6. The Morgan fingerprint density at radius 2 is 1.38 bits per heavy atom. The fourth-order valence-electron chi connectivity index (χ4n) is 4.16. The highest BCUT2D eigenvalue weighted by Gasteiger charge is 2.12. The summed E-state index contributed by atoms with van der Waals surface area (Å²) in [6, 6.07) is 40.7. The van der Waals surface area contributed by atoms with Gasteiger partial charge in [0.25, 0.3) is 5.56 Å².